The molecule has 1 saturated carbocycles. The molecule has 1 aliphatic carbocycles. The van der Waals surface area contributed by atoms with E-state index in [4.69, 9.17) is 69.6 Å². The summed E-state index contributed by atoms with van der Waals surface area (Å²) in [6.45, 7) is -1.57. The second-order valence-corrected chi connectivity index (χ2v) is 10.0. The average Bonchev–Trinajstić information content (AvgIpc) is 3.23. The third-order valence-electron chi connectivity index (χ3n) is 4.57. The van der Waals surface area contributed by atoms with Crippen molar-refractivity contribution in [2.75, 3.05) is 11.9 Å². The lowest BCUT2D eigenvalue weighted by atomic mass is 10.1. The van der Waals surface area contributed by atoms with Gasteiger partial charge < -0.3 is 10.6 Å². The van der Waals surface area contributed by atoms with Crippen LogP contribution in [-0.2, 0) is 4.79 Å². The Morgan fingerprint density at radius 1 is 0.969 bits per heavy atom. The number of nitrogens with one attached hydrogen (secondary N) is 2. The number of anilines is 1. The van der Waals surface area contributed by atoms with Gasteiger partial charge >= 0.3 is 6.18 Å². The van der Waals surface area contributed by atoms with Crippen LogP contribution in [0.4, 0.5) is 18.9 Å². The lowest BCUT2D eigenvalue weighted by molar-refractivity contribution is -0.123. The van der Waals surface area contributed by atoms with E-state index in [9.17, 15) is 22.8 Å². The van der Waals surface area contributed by atoms with Gasteiger partial charge in [0.05, 0.1) is 21.5 Å². The van der Waals surface area contributed by atoms with Crippen molar-refractivity contribution < 1.29 is 22.8 Å². The molecule has 0 radical (unpaired) electrons. The molecule has 3 rings (SSSR count). The quantitative estimate of drug-likeness (QED) is 0.377. The van der Waals surface area contributed by atoms with Gasteiger partial charge in [0.2, 0.25) is 5.91 Å². The molecule has 2 atom stereocenters. The second kappa shape index (κ2) is 9.28. The summed E-state index contributed by atoms with van der Waals surface area (Å²) in [5.74, 6) is -3.26. The minimum Gasteiger partial charge on any atom is -0.343 e. The van der Waals surface area contributed by atoms with Gasteiger partial charge in [0.25, 0.3) is 5.91 Å². The minimum absolute atomic E-state index is 0.0143. The van der Waals surface area contributed by atoms with Crippen molar-refractivity contribution in [1.82, 2.24) is 5.32 Å². The SMILES string of the molecule is O=C(NCC(F)(F)F)c1cc(NC(=O)[C@@H]2[C@@H](c3cc(Cl)cc(Cl)c3)C2(Cl)Cl)cc(Cl)c1Cl. The molecule has 0 unspecified atom stereocenters. The van der Waals surface area contributed by atoms with Gasteiger partial charge in [0, 0.05) is 21.7 Å². The van der Waals surface area contributed by atoms with E-state index < -0.39 is 40.7 Å². The maximum Gasteiger partial charge on any atom is 0.405 e. The van der Waals surface area contributed by atoms with Crippen molar-refractivity contribution >= 4 is 87.1 Å². The molecule has 0 bridgehead atoms. The summed E-state index contributed by atoms with van der Waals surface area (Å²) in [5, 5.41) is 4.44. The highest BCUT2D eigenvalue weighted by molar-refractivity contribution is 6.53. The van der Waals surface area contributed by atoms with Gasteiger partial charge in [-0.15, -0.1) is 23.2 Å². The Labute approximate surface area is 210 Å². The van der Waals surface area contributed by atoms with Crippen molar-refractivity contribution in [1.29, 1.82) is 0 Å². The Morgan fingerprint density at radius 3 is 2.12 bits per heavy atom. The van der Waals surface area contributed by atoms with Crippen molar-refractivity contribution in [3.8, 4) is 0 Å². The molecule has 1 aliphatic rings. The third-order valence-corrected chi connectivity index (χ3v) is 6.75. The number of rotatable bonds is 5. The highest BCUT2D eigenvalue weighted by Gasteiger charge is 2.67. The summed E-state index contributed by atoms with van der Waals surface area (Å²) in [6, 6.07) is 6.99. The molecule has 4 nitrogen and oxygen atoms in total. The maximum atomic E-state index is 12.8. The molecule has 0 aromatic heterocycles. The fraction of sp³-hybridized carbons (Fsp3) is 0.263. The number of hydrogen-bond donors (Lipinski definition) is 2. The molecule has 0 aliphatic heterocycles. The zero-order valence-corrected chi connectivity index (χ0v) is 20.0. The minimum atomic E-state index is -4.62. The Morgan fingerprint density at radius 2 is 1.56 bits per heavy atom. The van der Waals surface area contributed by atoms with Crippen molar-refractivity contribution in [3.05, 3.63) is 61.5 Å². The maximum absolute atomic E-state index is 12.8. The van der Waals surface area contributed by atoms with Gasteiger partial charge in [-0.1, -0.05) is 46.4 Å². The van der Waals surface area contributed by atoms with E-state index in [0.29, 0.717) is 15.6 Å². The van der Waals surface area contributed by atoms with E-state index in [1.54, 1.807) is 17.4 Å². The molecule has 0 saturated heterocycles. The van der Waals surface area contributed by atoms with Crippen LogP contribution in [0.25, 0.3) is 0 Å². The third kappa shape index (κ3) is 5.69. The van der Waals surface area contributed by atoms with Crippen LogP contribution in [0.2, 0.25) is 20.1 Å². The summed E-state index contributed by atoms with van der Waals surface area (Å²) >= 11 is 36.5. The van der Waals surface area contributed by atoms with Crippen molar-refractivity contribution in [2.45, 2.75) is 16.4 Å². The molecule has 172 valence electrons. The first-order chi connectivity index (χ1) is 14.7. The van der Waals surface area contributed by atoms with Crippen LogP contribution in [0.15, 0.2) is 30.3 Å². The van der Waals surface area contributed by atoms with Gasteiger partial charge in [-0.3, -0.25) is 9.59 Å². The highest BCUT2D eigenvalue weighted by atomic mass is 35.5. The average molecular weight is 569 g/mol. The second-order valence-electron chi connectivity index (χ2n) is 6.94. The van der Waals surface area contributed by atoms with Crippen LogP contribution in [-0.4, -0.2) is 28.9 Å². The fourth-order valence-electron chi connectivity index (χ4n) is 3.14. The number of hydrogen-bond acceptors (Lipinski definition) is 2. The van der Waals surface area contributed by atoms with Crippen LogP contribution < -0.4 is 10.6 Å². The summed E-state index contributed by atoms with van der Waals surface area (Å²) in [4.78, 5) is 24.9. The van der Waals surface area contributed by atoms with Crippen LogP contribution >= 0.6 is 69.6 Å². The monoisotopic (exact) mass is 566 g/mol. The summed E-state index contributed by atoms with van der Waals surface area (Å²) < 4.78 is 35.7. The van der Waals surface area contributed by atoms with E-state index in [2.05, 4.69) is 5.32 Å². The molecular weight excluding hydrogens is 558 g/mol. The summed E-state index contributed by atoms with van der Waals surface area (Å²) in [6.07, 6.45) is -4.62. The van der Waals surface area contributed by atoms with Gasteiger partial charge in [0.1, 0.15) is 10.9 Å². The predicted molar refractivity (Wildman–Crippen MR) is 121 cm³/mol. The van der Waals surface area contributed by atoms with E-state index in [1.165, 1.54) is 12.1 Å². The molecule has 13 heteroatoms. The van der Waals surface area contributed by atoms with E-state index in [0.717, 1.165) is 6.07 Å². The van der Waals surface area contributed by atoms with Gasteiger partial charge in [-0.05, 0) is 35.9 Å². The molecule has 2 aromatic carbocycles. The van der Waals surface area contributed by atoms with Crippen molar-refractivity contribution in [2.24, 2.45) is 5.92 Å². The van der Waals surface area contributed by atoms with E-state index >= 15 is 0 Å². The number of amides is 2. The fourth-order valence-corrected chi connectivity index (χ4v) is 4.93. The van der Waals surface area contributed by atoms with Crippen LogP contribution in [0.3, 0.4) is 0 Å². The molecule has 2 N–H and O–H groups in total. The normalized spacial score (nSPS) is 19.4. The van der Waals surface area contributed by atoms with Gasteiger partial charge in [0.15, 0.2) is 0 Å². The standard InChI is InChI=1S/C19H11Cl6F3N2O2/c20-8-1-7(2-9(21)3-8)13-14(19(13,24)25)17(32)30-10-4-11(15(23)12(22)5-10)16(31)29-6-18(26,27)28/h1-5,13-14H,6H2,(H,29,31)(H,30,32)/t13-,14+/m1/s1. The Hall–Kier alpha value is -1.09. The zero-order chi connectivity index (χ0) is 24.0. The lowest BCUT2D eigenvalue weighted by Gasteiger charge is -2.12. The molecule has 2 amide bonds. The number of benzene rings is 2. The van der Waals surface area contributed by atoms with Gasteiger partial charge in [-0.2, -0.15) is 13.2 Å². The molecule has 32 heavy (non-hydrogen) atoms. The Bertz CT molecular complexity index is 1070. The van der Waals surface area contributed by atoms with Gasteiger partial charge in [-0.25, -0.2) is 0 Å². The van der Waals surface area contributed by atoms with E-state index in [1.807, 2.05) is 0 Å². The zero-order valence-electron chi connectivity index (χ0n) is 15.5. The first kappa shape index (κ1) is 25.5. The number of carbonyl (C=O) groups excluding carboxylic acids is 2. The summed E-state index contributed by atoms with van der Waals surface area (Å²) in [5.41, 5.74) is 0.213. The first-order valence-corrected chi connectivity index (χ1v) is 11.0. The molecular formula is C19H11Cl6F3N2O2. The lowest BCUT2D eigenvalue weighted by Crippen LogP contribution is -2.34. The van der Waals surface area contributed by atoms with Crippen molar-refractivity contribution in [3.63, 3.8) is 0 Å². The molecule has 2 aromatic rings. The van der Waals surface area contributed by atoms with Crippen LogP contribution in [0, 0.1) is 5.92 Å². The number of carbonyl (C=O) groups is 2. The molecule has 1 fully saturated rings. The summed E-state index contributed by atoms with van der Waals surface area (Å²) in [7, 11) is 0. The topological polar surface area (TPSA) is 58.2 Å². The molecule has 0 spiro atoms. The largest absolute Gasteiger partial charge is 0.405 e. The Balaban J connectivity index is 1.80. The smallest absolute Gasteiger partial charge is 0.343 e. The first-order valence-electron chi connectivity index (χ1n) is 8.69. The number of alkyl halides is 5. The predicted octanol–water partition coefficient (Wildman–Crippen LogP) is 7.12. The van der Waals surface area contributed by atoms with Crippen LogP contribution in [0.1, 0.15) is 21.8 Å². The Kier molecular flexibility index (Phi) is 7.40. The number of halogens is 9. The van der Waals surface area contributed by atoms with E-state index in [-0.39, 0.29) is 21.3 Å². The highest BCUT2D eigenvalue weighted by Crippen LogP contribution is 2.65. The van der Waals surface area contributed by atoms with Crippen LogP contribution in [0.5, 0.6) is 0 Å². The molecule has 0 heterocycles.